The fraction of sp³-hybridized carbons (Fsp3) is 0.350. The summed E-state index contributed by atoms with van der Waals surface area (Å²) in [5.41, 5.74) is 1.85. The molecule has 2 aromatic heterocycles. The van der Waals surface area contributed by atoms with Crippen molar-refractivity contribution in [3.8, 4) is 0 Å². The van der Waals surface area contributed by atoms with Crippen LogP contribution in [0, 0.1) is 13.8 Å². The van der Waals surface area contributed by atoms with Crippen molar-refractivity contribution in [1.82, 2.24) is 25.3 Å². The minimum absolute atomic E-state index is 0.0231. The summed E-state index contributed by atoms with van der Waals surface area (Å²) in [6, 6.07) is 5.63. The summed E-state index contributed by atoms with van der Waals surface area (Å²) in [7, 11) is 0. The van der Waals surface area contributed by atoms with Crippen LogP contribution in [0.25, 0.3) is 0 Å². The number of aryl methyl sites for hydroxylation is 2. The van der Waals surface area contributed by atoms with Crippen LogP contribution in [0.3, 0.4) is 0 Å². The maximum Gasteiger partial charge on any atom is 0.234 e. The number of nitrogens with zero attached hydrogens (tertiary/aromatic N) is 5. The summed E-state index contributed by atoms with van der Waals surface area (Å²) in [6.07, 6.45) is 1.82. The van der Waals surface area contributed by atoms with Gasteiger partial charge < -0.3 is 10.2 Å². The van der Waals surface area contributed by atoms with Crippen LogP contribution >= 0.6 is 22.9 Å². The number of carbonyl (C=O) groups excluding carboxylic acids is 1. The molecule has 1 aromatic carbocycles. The first-order valence-electron chi connectivity index (χ1n) is 9.68. The van der Waals surface area contributed by atoms with E-state index >= 15 is 0 Å². The molecule has 156 valence electrons. The molecule has 0 unspecified atom stereocenters. The molecule has 0 atom stereocenters. The SMILES string of the molecule is Cc1nc(Nc2ncc(C(=O)Cc3c(C)cccc3Cl)s2)nc(N2CCNCC2)n1. The van der Waals surface area contributed by atoms with E-state index < -0.39 is 0 Å². The highest BCUT2D eigenvalue weighted by atomic mass is 35.5. The Bertz CT molecular complexity index is 1040. The molecule has 0 amide bonds. The maximum absolute atomic E-state index is 12.7. The predicted octanol–water partition coefficient (Wildman–Crippen LogP) is 3.18. The lowest BCUT2D eigenvalue weighted by Gasteiger charge is -2.27. The Balaban J connectivity index is 1.48. The fourth-order valence-corrected chi connectivity index (χ4v) is 4.26. The van der Waals surface area contributed by atoms with Gasteiger partial charge in [-0.2, -0.15) is 15.0 Å². The number of hydrogen-bond donors (Lipinski definition) is 2. The average molecular weight is 444 g/mol. The van der Waals surface area contributed by atoms with E-state index in [1.54, 1.807) is 12.3 Å². The monoisotopic (exact) mass is 443 g/mol. The molecule has 4 rings (SSSR count). The van der Waals surface area contributed by atoms with Gasteiger partial charge in [0.25, 0.3) is 0 Å². The lowest BCUT2D eigenvalue weighted by Crippen LogP contribution is -2.44. The first kappa shape index (κ1) is 20.6. The van der Waals surface area contributed by atoms with Gasteiger partial charge in [-0.3, -0.25) is 10.1 Å². The lowest BCUT2D eigenvalue weighted by atomic mass is 10.0. The van der Waals surface area contributed by atoms with E-state index in [1.807, 2.05) is 26.0 Å². The van der Waals surface area contributed by atoms with Gasteiger partial charge >= 0.3 is 0 Å². The van der Waals surface area contributed by atoms with Gasteiger partial charge in [0, 0.05) is 37.6 Å². The third kappa shape index (κ3) is 4.75. The Hall–Kier alpha value is -2.62. The molecule has 8 nitrogen and oxygen atoms in total. The molecule has 3 heterocycles. The molecule has 1 fully saturated rings. The maximum atomic E-state index is 12.7. The van der Waals surface area contributed by atoms with E-state index in [-0.39, 0.29) is 12.2 Å². The fourth-order valence-electron chi connectivity index (χ4n) is 3.22. The number of thiazole rings is 1. The van der Waals surface area contributed by atoms with Crippen molar-refractivity contribution in [2.75, 3.05) is 36.4 Å². The Kier molecular flexibility index (Phi) is 6.21. The van der Waals surface area contributed by atoms with Crippen molar-refractivity contribution >= 4 is 45.7 Å². The number of hydrogen-bond acceptors (Lipinski definition) is 9. The van der Waals surface area contributed by atoms with Crippen LogP contribution in [0.15, 0.2) is 24.4 Å². The Labute approximate surface area is 183 Å². The molecule has 2 N–H and O–H groups in total. The molecule has 0 bridgehead atoms. The van der Waals surface area contributed by atoms with E-state index in [0.717, 1.165) is 37.3 Å². The van der Waals surface area contributed by atoms with Crippen molar-refractivity contribution < 1.29 is 4.79 Å². The van der Waals surface area contributed by atoms with Crippen LogP contribution in [0.4, 0.5) is 17.0 Å². The molecule has 0 aliphatic carbocycles. The second-order valence-electron chi connectivity index (χ2n) is 7.03. The second-order valence-corrected chi connectivity index (χ2v) is 8.47. The molecule has 0 spiro atoms. The van der Waals surface area contributed by atoms with E-state index in [4.69, 9.17) is 11.6 Å². The number of halogens is 1. The second kappa shape index (κ2) is 9.03. The predicted molar refractivity (Wildman–Crippen MR) is 119 cm³/mol. The third-order valence-corrected chi connectivity index (χ3v) is 6.13. The zero-order valence-corrected chi connectivity index (χ0v) is 18.3. The van der Waals surface area contributed by atoms with Gasteiger partial charge in [0.2, 0.25) is 11.9 Å². The van der Waals surface area contributed by atoms with E-state index in [2.05, 4.69) is 35.5 Å². The molecule has 30 heavy (non-hydrogen) atoms. The lowest BCUT2D eigenvalue weighted by molar-refractivity contribution is 0.0996. The number of ketones is 1. The zero-order valence-electron chi connectivity index (χ0n) is 16.8. The van der Waals surface area contributed by atoms with E-state index in [9.17, 15) is 4.79 Å². The quantitative estimate of drug-likeness (QED) is 0.561. The Morgan fingerprint density at radius 2 is 2.03 bits per heavy atom. The molecule has 1 saturated heterocycles. The van der Waals surface area contributed by atoms with Crippen molar-refractivity contribution in [2.45, 2.75) is 20.3 Å². The van der Waals surface area contributed by atoms with Gasteiger partial charge in [-0.05, 0) is 31.0 Å². The zero-order chi connectivity index (χ0) is 21.1. The molecule has 1 aliphatic rings. The molecule has 10 heteroatoms. The van der Waals surface area contributed by atoms with Gasteiger partial charge in [0.05, 0.1) is 11.1 Å². The first-order chi connectivity index (χ1) is 14.5. The van der Waals surface area contributed by atoms with Crippen molar-refractivity contribution in [2.24, 2.45) is 0 Å². The molecular weight excluding hydrogens is 422 g/mol. The summed E-state index contributed by atoms with van der Waals surface area (Å²) in [5.74, 6) is 1.67. The highest BCUT2D eigenvalue weighted by molar-refractivity contribution is 7.17. The van der Waals surface area contributed by atoms with Crippen LogP contribution in [-0.4, -0.2) is 51.9 Å². The number of carbonyl (C=O) groups is 1. The Morgan fingerprint density at radius 1 is 1.23 bits per heavy atom. The van der Waals surface area contributed by atoms with Gasteiger partial charge in [0.1, 0.15) is 5.82 Å². The highest BCUT2D eigenvalue weighted by Crippen LogP contribution is 2.26. The molecule has 3 aromatic rings. The third-order valence-electron chi connectivity index (χ3n) is 4.82. The standard InChI is InChI=1S/C20H22ClN7OS/c1-12-4-3-5-15(21)14(12)10-16(29)17-11-23-20(30-17)27-18-24-13(2)25-19(26-18)28-8-6-22-7-9-28/h3-5,11,22H,6-10H2,1-2H3,(H,23,24,25,26,27). The van der Waals surface area contributed by atoms with Gasteiger partial charge in [0.15, 0.2) is 10.9 Å². The molecule has 0 saturated carbocycles. The van der Waals surface area contributed by atoms with Gasteiger partial charge in [-0.25, -0.2) is 4.98 Å². The van der Waals surface area contributed by atoms with E-state index in [1.165, 1.54) is 11.3 Å². The number of rotatable bonds is 6. The van der Waals surface area contributed by atoms with Crippen molar-refractivity contribution in [3.05, 3.63) is 51.2 Å². The summed E-state index contributed by atoms with van der Waals surface area (Å²) < 4.78 is 0. The van der Waals surface area contributed by atoms with Crippen molar-refractivity contribution in [3.63, 3.8) is 0 Å². The number of nitrogens with one attached hydrogen (secondary N) is 2. The van der Waals surface area contributed by atoms with Crippen LogP contribution in [-0.2, 0) is 6.42 Å². The first-order valence-corrected chi connectivity index (χ1v) is 10.9. The largest absolute Gasteiger partial charge is 0.338 e. The smallest absolute Gasteiger partial charge is 0.234 e. The number of piperazine rings is 1. The number of aromatic nitrogens is 4. The summed E-state index contributed by atoms with van der Waals surface area (Å²) >= 11 is 7.54. The van der Waals surface area contributed by atoms with Gasteiger partial charge in [-0.1, -0.05) is 35.1 Å². The number of benzene rings is 1. The highest BCUT2D eigenvalue weighted by Gasteiger charge is 2.17. The molecular formula is C20H22ClN7OS. The molecule has 1 aliphatic heterocycles. The normalized spacial score (nSPS) is 14.0. The minimum Gasteiger partial charge on any atom is -0.338 e. The minimum atomic E-state index is -0.0231. The summed E-state index contributed by atoms with van der Waals surface area (Å²) in [4.78, 5) is 33.1. The van der Waals surface area contributed by atoms with Crippen LogP contribution in [0.2, 0.25) is 5.02 Å². The van der Waals surface area contributed by atoms with E-state index in [0.29, 0.717) is 32.8 Å². The molecule has 0 radical (unpaired) electrons. The number of anilines is 3. The number of Topliss-reactive ketones (excluding diaryl/α,β-unsaturated/α-hetero) is 1. The topological polar surface area (TPSA) is 95.9 Å². The average Bonchev–Trinajstić information content (AvgIpc) is 3.19. The summed E-state index contributed by atoms with van der Waals surface area (Å²) in [6.45, 7) is 7.28. The van der Waals surface area contributed by atoms with Crippen LogP contribution in [0.1, 0.15) is 26.6 Å². The van der Waals surface area contributed by atoms with Crippen LogP contribution in [0.5, 0.6) is 0 Å². The van der Waals surface area contributed by atoms with Crippen LogP contribution < -0.4 is 15.5 Å². The van der Waals surface area contributed by atoms with Gasteiger partial charge in [-0.15, -0.1) is 0 Å². The summed E-state index contributed by atoms with van der Waals surface area (Å²) in [5, 5.41) is 7.59. The van der Waals surface area contributed by atoms with Crippen molar-refractivity contribution in [1.29, 1.82) is 0 Å². The Morgan fingerprint density at radius 3 is 2.80 bits per heavy atom.